The molecule has 0 bridgehead atoms. The molecule has 1 N–H and O–H groups in total. The van der Waals surface area contributed by atoms with E-state index in [-0.39, 0.29) is 24.9 Å². The quantitative estimate of drug-likeness (QED) is 0.894. The second-order valence-electron chi connectivity index (χ2n) is 5.36. The lowest BCUT2D eigenvalue weighted by molar-refractivity contribution is -0.158. The zero-order chi connectivity index (χ0) is 15.6. The summed E-state index contributed by atoms with van der Waals surface area (Å²) in [6.07, 6.45) is 0.229. The monoisotopic (exact) mass is 296 g/mol. The number of carbonyl (C=O) groups is 2. The van der Waals surface area contributed by atoms with E-state index in [9.17, 15) is 9.59 Å². The number of aryl methyl sites for hydroxylation is 2. The van der Waals surface area contributed by atoms with E-state index >= 15 is 0 Å². The second kappa shape index (κ2) is 6.26. The first-order valence-electron chi connectivity index (χ1n) is 6.94. The van der Waals surface area contributed by atoms with Crippen LogP contribution >= 0.6 is 0 Å². The smallest absolute Gasteiger partial charge is 0.328 e. The van der Waals surface area contributed by atoms with Gasteiger partial charge in [0, 0.05) is 18.5 Å². The third-order valence-corrected chi connectivity index (χ3v) is 3.80. The van der Waals surface area contributed by atoms with Crippen molar-refractivity contribution in [3.05, 3.63) is 17.0 Å². The van der Waals surface area contributed by atoms with Gasteiger partial charge in [0.2, 0.25) is 5.91 Å². The van der Waals surface area contributed by atoms with Gasteiger partial charge in [0.1, 0.15) is 5.76 Å². The number of aromatic nitrogens is 1. The first kappa shape index (κ1) is 15.5. The molecule has 0 aromatic carbocycles. The Hall–Kier alpha value is -1.89. The average Bonchev–Trinajstić information content (AvgIpc) is 2.78. The molecule has 1 aliphatic rings. The normalized spacial score (nSPS) is 20.3. The summed E-state index contributed by atoms with van der Waals surface area (Å²) in [4.78, 5) is 25.0. The van der Waals surface area contributed by atoms with Gasteiger partial charge in [-0.3, -0.25) is 4.79 Å². The lowest BCUT2D eigenvalue weighted by Gasteiger charge is -2.33. The fourth-order valence-electron chi connectivity index (χ4n) is 2.78. The molecule has 1 aromatic rings. The molecule has 2 unspecified atom stereocenters. The average molecular weight is 296 g/mol. The SMILES string of the molecule is Cc1noc(C)c1C(C)CC(=O)N1CCOCC1C(=O)O. The number of carbonyl (C=O) groups excluding carboxylic acids is 1. The molecule has 0 aliphatic carbocycles. The Morgan fingerprint density at radius 2 is 2.19 bits per heavy atom. The minimum atomic E-state index is -1.03. The van der Waals surface area contributed by atoms with Crippen LogP contribution in [0.3, 0.4) is 0 Å². The van der Waals surface area contributed by atoms with Gasteiger partial charge in [-0.15, -0.1) is 0 Å². The Kier molecular flexibility index (Phi) is 4.62. The van der Waals surface area contributed by atoms with Crippen LogP contribution in [0.15, 0.2) is 4.52 Å². The first-order valence-corrected chi connectivity index (χ1v) is 6.94. The third kappa shape index (κ3) is 3.24. The third-order valence-electron chi connectivity index (χ3n) is 3.80. The van der Waals surface area contributed by atoms with Crippen molar-refractivity contribution >= 4 is 11.9 Å². The summed E-state index contributed by atoms with van der Waals surface area (Å²) >= 11 is 0. The Labute approximate surface area is 122 Å². The number of rotatable bonds is 4. The maximum atomic E-state index is 12.4. The van der Waals surface area contributed by atoms with Crippen molar-refractivity contribution in [2.45, 2.75) is 39.2 Å². The van der Waals surface area contributed by atoms with E-state index in [1.54, 1.807) is 0 Å². The lowest BCUT2D eigenvalue weighted by atomic mass is 9.95. The van der Waals surface area contributed by atoms with Crippen molar-refractivity contribution in [3.8, 4) is 0 Å². The number of nitrogens with zero attached hydrogens (tertiary/aromatic N) is 2. The summed E-state index contributed by atoms with van der Waals surface area (Å²) in [5.41, 5.74) is 1.69. The van der Waals surface area contributed by atoms with Crippen LogP contribution in [0.25, 0.3) is 0 Å². The zero-order valence-corrected chi connectivity index (χ0v) is 12.5. The van der Waals surface area contributed by atoms with Gasteiger partial charge in [0.25, 0.3) is 0 Å². The molecule has 2 heterocycles. The van der Waals surface area contributed by atoms with Gasteiger partial charge in [0.15, 0.2) is 6.04 Å². The van der Waals surface area contributed by atoms with Gasteiger partial charge < -0.3 is 19.3 Å². The molecular weight excluding hydrogens is 276 g/mol. The molecule has 1 saturated heterocycles. The number of carboxylic acids is 1. The summed E-state index contributed by atoms with van der Waals surface area (Å²) in [6.45, 7) is 6.29. The van der Waals surface area contributed by atoms with Gasteiger partial charge in [-0.1, -0.05) is 12.1 Å². The largest absolute Gasteiger partial charge is 0.480 e. The van der Waals surface area contributed by atoms with Crippen molar-refractivity contribution in [1.82, 2.24) is 10.1 Å². The molecule has 0 radical (unpaired) electrons. The molecule has 1 fully saturated rings. The van der Waals surface area contributed by atoms with E-state index < -0.39 is 12.0 Å². The van der Waals surface area contributed by atoms with E-state index in [1.165, 1.54) is 4.90 Å². The summed E-state index contributed by atoms with van der Waals surface area (Å²) < 4.78 is 10.3. The number of aliphatic carboxylic acids is 1. The molecule has 1 amide bonds. The van der Waals surface area contributed by atoms with Crippen LogP contribution < -0.4 is 0 Å². The molecule has 1 aliphatic heterocycles. The minimum Gasteiger partial charge on any atom is -0.480 e. The highest BCUT2D eigenvalue weighted by Crippen LogP contribution is 2.27. The molecule has 1 aromatic heterocycles. The summed E-state index contributed by atoms with van der Waals surface area (Å²) in [6, 6.07) is -0.900. The molecule has 7 nitrogen and oxygen atoms in total. The van der Waals surface area contributed by atoms with Crippen LogP contribution in [0.5, 0.6) is 0 Å². The fourth-order valence-corrected chi connectivity index (χ4v) is 2.78. The summed E-state index contributed by atoms with van der Waals surface area (Å²) in [5, 5.41) is 13.1. The molecule has 2 rings (SSSR count). The first-order chi connectivity index (χ1) is 9.91. The van der Waals surface area contributed by atoms with Crippen molar-refractivity contribution in [1.29, 1.82) is 0 Å². The van der Waals surface area contributed by atoms with Crippen LogP contribution in [0, 0.1) is 13.8 Å². The molecule has 2 atom stereocenters. The van der Waals surface area contributed by atoms with E-state index in [2.05, 4.69) is 5.16 Å². The Morgan fingerprint density at radius 1 is 1.48 bits per heavy atom. The van der Waals surface area contributed by atoms with Gasteiger partial charge in [-0.05, 0) is 19.8 Å². The maximum absolute atomic E-state index is 12.4. The second-order valence-corrected chi connectivity index (χ2v) is 5.36. The molecule has 7 heteroatoms. The standard InChI is InChI=1S/C14H20N2O5/c1-8(13-9(2)15-21-10(13)3)6-12(17)16-4-5-20-7-11(16)14(18)19/h8,11H,4-7H2,1-3H3,(H,18,19). The molecule has 116 valence electrons. The fraction of sp³-hybridized carbons (Fsp3) is 0.643. The van der Waals surface area contributed by atoms with Crippen molar-refractivity contribution < 1.29 is 24.0 Å². The molecule has 0 saturated carbocycles. The van der Waals surface area contributed by atoms with Crippen LogP contribution in [0.1, 0.15) is 36.3 Å². The topological polar surface area (TPSA) is 92.9 Å². The number of morpholine rings is 1. The lowest BCUT2D eigenvalue weighted by Crippen LogP contribution is -2.52. The van der Waals surface area contributed by atoms with E-state index in [4.69, 9.17) is 14.4 Å². The summed E-state index contributed by atoms with van der Waals surface area (Å²) in [5.74, 6) is -0.586. The van der Waals surface area contributed by atoms with Crippen molar-refractivity contribution in [2.75, 3.05) is 19.8 Å². The van der Waals surface area contributed by atoms with E-state index in [0.717, 1.165) is 11.3 Å². The summed E-state index contributed by atoms with van der Waals surface area (Å²) in [7, 11) is 0. The number of ether oxygens (including phenoxy) is 1. The molecule has 21 heavy (non-hydrogen) atoms. The predicted molar refractivity (Wildman–Crippen MR) is 73.0 cm³/mol. The minimum absolute atomic E-state index is 0.0424. The maximum Gasteiger partial charge on any atom is 0.328 e. The van der Waals surface area contributed by atoms with Gasteiger partial charge in [-0.25, -0.2) is 4.79 Å². The predicted octanol–water partition coefficient (Wildman–Crippen LogP) is 1.10. The Balaban J connectivity index is 2.08. The number of carboxylic acid groups (broad SMARTS) is 1. The van der Waals surface area contributed by atoms with Crippen molar-refractivity contribution in [2.24, 2.45) is 0 Å². The number of hydrogen-bond acceptors (Lipinski definition) is 5. The van der Waals surface area contributed by atoms with Gasteiger partial charge >= 0.3 is 5.97 Å². The van der Waals surface area contributed by atoms with Crippen LogP contribution in [0.4, 0.5) is 0 Å². The Bertz CT molecular complexity index is 520. The van der Waals surface area contributed by atoms with Crippen LogP contribution in [-0.4, -0.2) is 52.8 Å². The van der Waals surface area contributed by atoms with Crippen LogP contribution in [0.2, 0.25) is 0 Å². The number of hydrogen-bond donors (Lipinski definition) is 1. The van der Waals surface area contributed by atoms with E-state index in [0.29, 0.717) is 18.9 Å². The zero-order valence-electron chi connectivity index (χ0n) is 12.5. The molecule has 0 spiro atoms. The Morgan fingerprint density at radius 3 is 2.76 bits per heavy atom. The van der Waals surface area contributed by atoms with E-state index in [1.807, 2.05) is 20.8 Å². The van der Waals surface area contributed by atoms with Crippen molar-refractivity contribution in [3.63, 3.8) is 0 Å². The van der Waals surface area contributed by atoms with Gasteiger partial charge in [0.05, 0.1) is 18.9 Å². The van der Waals surface area contributed by atoms with Gasteiger partial charge in [-0.2, -0.15) is 0 Å². The highest BCUT2D eigenvalue weighted by atomic mass is 16.5. The highest BCUT2D eigenvalue weighted by Gasteiger charge is 2.33. The molecular formula is C14H20N2O5. The van der Waals surface area contributed by atoms with Crippen LogP contribution in [-0.2, 0) is 14.3 Å². The highest BCUT2D eigenvalue weighted by molar-refractivity contribution is 5.84. The number of amides is 1.